The number of anilines is 1. The van der Waals surface area contributed by atoms with Gasteiger partial charge in [0.2, 0.25) is 5.91 Å². The Hall–Kier alpha value is -2.17. The first-order valence-electron chi connectivity index (χ1n) is 8.27. The molecule has 0 fully saturated rings. The van der Waals surface area contributed by atoms with Gasteiger partial charge >= 0.3 is 0 Å². The van der Waals surface area contributed by atoms with Crippen LogP contribution in [0.5, 0.6) is 0 Å². The highest BCUT2D eigenvalue weighted by atomic mass is 35.5. The van der Waals surface area contributed by atoms with E-state index in [9.17, 15) is 9.59 Å². The number of hydrogen-bond donors (Lipinski definition) is 2. The molecule has 5 heteroatoms. The number of benzene rings is 2. The van der Waals surface area contributed by atoms with E-state index in [1.807, 2.05) is 24.3 Å². The summed E-state index contributed by atoms with van der Waals surface area (Å²) >= 11 is 5.94. The van der Waals surface area contributed by atoms with Crippen molar-refractivity contribution in [3.63, 3.8) is 0 Å². The summed E-state index contributed by atoms with van der Waals surface area (Å²) in [6, 6.07) is 14.6. The first kappa shape index (κ1) is 19.2. The molecule has 0 radical (unpaired) electrons. The van der Waals surface area contributed by atoms with Gasteiger partial charge < -0.3 is 10.6 Å². The monoisotopic (exact) mass is 358 g/mol. The first-order chi connectivity index (χ1) is 11.9. The Labute approximate surface area is 153 Å². The van der Waals surface area contributed by atoms with E-state index in [1.54, 1.807) is 24.3 Å². The van der Waals surface area contributed by atoms with Crippen LogP contribution in [0.15, 0.2) is 48.5 Å². The van der Waals surface area contributed by atoms with Gasteiger partial charge in [-0.15, -0.1) is 0 Å². The third-order valence-electron chi connectivity index (χ3n) is 3.96. The number of rotatable bonds is 7. The van der Waals surface area contributed by atoms with Crippen molar-refractivity contribution in [3.05, 3.63) is 64.7 Å². The Balaban J connectivity index is 2.02. The minimum Gasteiger partial charge on any atom is -0.324 e. The van der Waals surface area contributed by atoms with Crippen LogP contribution >= 0.6 is 11.6 Å². The van der Waals surface area contributed by atoms with Crippen LogP contribution in [-0.4, -0.2) is 18.2 Å². The van der Waals surface area contributed by atoms with Gasteiger partial charge in [0.15, 0.2) is 5.78 Å². The van der Waals surface area contributed by atoms with E-state index in [-0.39, 0.29) is 24.3 Å². The quantitative estimate of drug-likeness (QED) is 0.718. The maximum absolute atomic E-state index is 12.3. The molecule has 2 N–H and O–H groups in total. The zero-order valence-electron chi connectivity index (χ0n) is 14.7. The van der Waals surface area contributed by atoms with Crippen molar-refractivity contribution in [3.8, 4) is 0 Å². The van der Waals surface area contributed by atoms with Crippen molar-refractivity contribution in [2.45, 2.75) is 26.8 Å². The van der Waals surface area contributed by atoms with Crippen molar-refractivity contribution in [2.24, 2.45) is 5.92 Å². The van der Waals surface area contributed by atoms with E-state index in [0.717, 1.165) is 5.56 Å². The number of amides is 1. The molecule has 0 aliphatic carbocycles. The molecule has 0 aromatic heterocycles. The zero-order valence-corrected chi connectivity index (χ0v) is 15.4. The molecule has 1 atom stereocenters. The van der Waals surface area contributed by atoms with E-state index in [1.165, 1.54) is 6.92 Å². The van der Waals surface area contributed by atoms with Gasteiger partial charge in [0.1, 0.15) is 0 Å². The van der Waals surface area contributed by atoms with Crippen LogP contribution in [0.2, 0.25) is 5.02 Å². The van der Waals surface area contributed by atoms with E-state index in [0.29, 0.717) is 22.2 Å². The minimum absolute atomic E-state index is 0.0334. The maximum atomic E-state index is 12.3. The second kappa shape index (κ2) is 8.79. The third-order valence-corrected chi connectivity index (χ3v) is 4.21. The zero-order chi connectivity index (χ0) is 18.4. The van der Waals surface area contributed by atoms with Crippen LogP contribution in [0.25, 0.3) is 0 Å². The molecule has 132 valence electrons. The predicted octanol–water partition coefficient (Wildman–Crippen LogP) is 4.47. The highest BCUT2D eigenvalue weighted by Gasteiger charge is 2.17. The summed E-state index contributed by atoms with van der Waals surface area (Å²) in [5.41, 5.74) is 2.12. The van der Waals surface area contributed by atoms with Crippen LogP contribution in [0.1, 0.15) is 42.7 Å². The van der Waals surface area contributed by atoms with Gasteiger partial charge in [-0.3, -0.25) is 9.59 Å². The molecule has 25 heavy (non-hydrogen) atoms. The second-order valence-corrected chi connectivity index (χ2v) is 6.74. The highest BCUT2D eigenvalue weighted by molar-refractivity contribution is 6.30. The lowest BCUT2D eigenvalue weighted by atomic mass is 9.96. The molecular weight excluding hydrogens is 336 g/mol. The number of para-hydroxylation sites is 1. The molecule has 0 spiro atoms. The molecule has 0 aliphatic rings. The van der Waals surface area contributed by atoms with E-state index in [4.69, 9.17) is 11.6 Å². The standard InChI is InChI=1S/C20H23ClN2O2/c1-13(2)20(15-8-10-16(21)11-9-15)22-12-19(25)23-18-7-5-4-6-17(18)14(3)24/h4-11,13,20,22H,12H2,1-3H3,(H,23,25). The highest BCUT2D eigenvalue weighted by Crippen LogP contribution is 2.23. The van der Waals surface area contributed by atoms with Crippen LogP contribution < -0.4 is 10.6 Å². The molecule has 0 saturated heterocycles. The molecule has 0 heterocycles. The fourth-order valence-corrected chi connectivity index (χ4v) is 2.83. The summed E-state index contributed by atoms with van der Waals surface area (Å²) in [6.45, 7) is 5.82. The fourth-order valence-electron chi connectivity index (χ4n) is 2.70. The van der Waals surface area contributed by atoms with Crippen LogP contribution in [0.4, 0.5) is 5.69 Å². The number of carbonyl (C=O) groups is 2. The number of ketones is 1. The molecular formula is C20H23ClN2O2. The number of carbonyl (C=O) groups excluding carboxylic acids is 2. The van der Waals surface area contributed by atoms with E-state index < -0.39 is 0 Å². The Kier molecular flexibility index (Phi) is 6.73. The van der Waals surface area contributed by atoms with Crippen molar-refractivity contribution in [2.75, 3.05) is 11.9 Å². The minimum atomic E-state index is -0.187. The summed E-state index contributed by atoms with van der Waals surface area (Å²) < 4.78 is 0. The predicted molar refractivity (Wildman–Crippen MR) is 102 cm³/mol. The number of halogens is 1. The fraction of sp³-hybridized carbons (Fsp3) is 0.300. The molecule has 1 amide bonds. The van der Waals surface area contributed by atoms with Crippen molar-refractivity contribution in [1.82, 2.24) is 5.32 Å². The summed E-state index contributed by atoms with van der Waals surface area (Å²) in [5.74, 6) is 0.0388. The Morgan fingerprint density at radius 3 is 2.28 bits per heavy atom. The summed E-state index contributed by atoms with van der Waals surface area (Å²) in [6.07, 6.45) is 0. The van der Waals surface area contributed by atoms with Gasteiger partial charge in [-0.1, -0.05) is 49.7 Å². The van der Waals surface area contributed by atoms with Crippen molar-refractivity contribution >= 4 is 29.0 Å². The van der Waals surface area contributed by atoms with Gasteiger partial charge in [0.25, 0.3) is 0 Å². The molecule has 0 aliphatic heterocycles. The second-order valence-electron chi connectivity index (χ2n) is 6.30. The van der Waals surface area contributed by atoms with Crippen molar-refractivity contribution in [1.29, 1.82) is 0 Å². The normalized spacial score (nSPS) is 12.0. The smallest absolute Gasteiger partial charge is 0.238 e. The van der Waals surface area contributed by atoms with Crippen LogP contribution in [-0.2, 0) is 4.79 Å². The number of nitrogens with one attached hydrogen (secondary N) is 2. The number of hydrogen-bond acceptors (Lipinski definition) is 3. The third kappa shape index (κ3) is 5.41. The number of Topliss-reactive ketones (excluding diaryl/α,β-unsaturated/α-hetero) is 1. The van der Waals surface area contributed by atoms with Gasteiger partial charge in [0, 0.05) is 16.6 Å². The molecule has 0 bridgehead atoms. The molecule has 1 unspecified atom stereocenters. The Morgan fingerprint density at radius 1 is 1.04 bits per heavy atom. The van der Waals surface area contributed by atoms with Crippen LogP contribution in [0.3, 0.4) is 0 Å². The summed E-state index contributed by atoms with van der Waals surface area (Å²) in [4.78, 5) is 23.9. The lowest BCUT2D eigenvalue weighted by molar-refractivity contribution is -0.115. The van der Waals surface area contributed by atoms with Gasteiger partial charge in [-0.05, 0) is 42.7 Å². The molecule has 2 rings (SSSR count). The lowest BCUT2D eigenvalue weighted by Crippen LogP contribution is -2.33. The molecule has 2 aromatic carbocycles. The topological polar surface area (TPSA) is 58.2 Å². The van der Waals surface area contributed by atoms with E-state index in [2.05, 4.69) is 24.5 Å². The lowest BCUT2D eigenvalue weighted by Gasteiger charge is -2.23. The van der Waals surface area contributed by atoms with Crippen LogP contribution in [0, 0.1) is 5.92 Å². The average molecular weight is 359 g/mol. The van der Waals surface area contributed by atoms with Crippen molar-refractivity contribution < 1.29 is 9.59 Å². The maximum Gasteiger partial charge on any atom is 0.238 e. The largest absolute Gasteiger partial charge is 0.324 e. The molecule has 0 saturated carbocycles. The Morgan fingerprint density at radius 2 is 1.68 bits per heavy atom. The van der Waals surface area contributed by atoms with E-state index >= 15 is 0 Å². The first-order valence-corrected chi connectivity index (χ1v) is 8.65. The molecule has 4 nitrogen and oxygen atoms in total. The SMILES string of the molecule is CC(=O)c1ccccc1NC(=O)CNC(c1ccc(Cl)cc1)C(C)C. The average Bonchev–Trinajstić information content (AvgIpc) is 2.56. The van der Waals surface area contributed by atoms with Gasteiger partial charge in [-0.25, -0.2) is 0 Å². The summed E-state index contributed by atoms with van der Waals surface area (Å²) in [5, 5.41) is 6.77. The van der Waals surface area contributed by atoms with Gasteiger partial charge in [0.05, 0.1) is 12.2 Å². The Bertz CT molecular complexity index is 742. The molecule has 2 aromatic rings. The van der Waals surface area contributed by atoms with Gasteiger partial charge in [-0.2, -0.15) is 0 Å². The summed E-state index contributed by atoms with van der Waals surface area (Å²) in [7, 11) is 0.